The second-order valence-electron chi connectivity index (χ2n) is 3.76. The number of benzene rings is 1. The molecule has 0 N–H and O–H groups in total. The number of hydrogen-bond donors (Lipinski definition) is 0. The average Bonchev–Trinajstić information content (AvgIpc) is 2.38. The molecule has 1 aromatic rings. The monoisotopic (exact) mass is 247 g/mol. The zero-order valence-corrected chi connectivity index (χ0v) is 10.8. The Morgan fingerprint density at radius 3 is 2.56 bits per heavy atom. The Hall–Kier alpha value is -2.17. The lowest BCUT2D eigenvalue weighted by molar-refractivity contribution is 0.117. The molecule has 0 saturated heterocycles. The van der Waals surface area contributed by atoms with Gasteiger partial charge in [-0.25, -0.2) is 4.79 Å². The molecule has 18 heavy (non-hydrogen) atoms. The maximum Gasteiger partial charge on any atom is 0.435 e. The first-order chi connectivity index (χ1) is 8.54. The molecule has 1 aromatic carbocycles. The second-order valence-corrected chi connectivity index (χ2v) is 3.76. The first kappa shape index (κ1) is 13.9. The zero-order valence-electron chi connectivity index (χ0n) is 10.8. The fourth-order valence-electron chi connectivity index (χ4n) is 1.28. The Bertz CT molecular complexity index is 443. The van der Waals surface area contributed by atoms with Crippen LogP contribution in [-0.4, -0.2) is 30.7 Å². The van der Waals surface area contributed by atoms with Gasteiger partial charge in [-0.2, -0.15) is 10.1 Å². The smallest absolute Gasteiger partial charge is 0.435 e. The highest BCUT2D eigenvalue weighted by Crippen LogP contribution is 2.16. The molecule has 1 unspecified atom stereocenters. The van der Waals surface area contributed by atoms with Crippen molar-refractivity contribution in [3.63, 3.8) is 0 Å². The van der Waals surface area contributed by atoms with Crippen LogP contribution in [0, 0.1) is 0 Å². The maximum absolute atomic E-state index is 11.6. The number of carbonyl (C=O) groups excluding carboxylic acids is 1. The number of aliphatic imine (C=N–C) groups is 1. The van der Waals surface area contributed by atoms with E-state index in [9.17, 15) is 4.79 Å². The summed E-state index contributed by atoms with van der Waals surface area (Å²) in [5.41, 5.74) is 0.925. The van der Waals surface area contributed by atoms with Crippen LogP contribution in [0.1, 0.15) is 25.5 Å². The molecule has 0 aliphatic rings. The summed E-state index contributed by atoms with van der Waals surface area (Å²) in [6, 6.07) is 9.48. The minimum Gasteiger partial charge on any atom is -0.440 e. The fraction of sp³-hybridized carbons (Fsp3) is 0.308. The SMILES string of the molecule is C=NN(C)C(C)=NC(=O)OC(C)c1ccccc1. The van der Waals surface area contributed by atoms with Crippen molar-refractivity contribution in [2.24, 2.45) is 10.1 Å². The second kappa shape index (κ2) is 6.54. The van der Waals surface area contributed by atoms with E-state index in [4.69, 9.17) is 4.74 Å². The minimum absolute atomic E-state index is 0.336. The van der Waals surface area contributed by atoms with Gasteiger partial charge in [0.05, 0.1) is 0 Å². The van der Waals surface area contributed by atoms with Gasteiger partial charge in [-0.05, 0) is 19.4 Å². The van der Waals surface area contributed by atoms with Crippen LogP contribution in [0.3, 0.4) is 0 Å². The van der Waals surface area contributed by atoms with E-state index in [0.717, 1.165) is 5.56 Å². The number of amidine groups is 1. The summed E-state index contributed by atoms with van der Waals surface area (Å²) in [7, 11) is 1.65. The first-order valence-corrected chi connectivity index (χ1v) is 5.55. The number of amides is 1. The molecule has 0 aliphatic carbocycles. The first-order valence-electron chi connectivity index (χ1n) is 5.55. The van der Waals surface area contributed by atoms with Gasteiger partial charge in [0.15, 0.2) is 0 Å². The van der Waals surface area contributed by atoms with E-state index in [-0.39, 0.29) is 6.10 Å². The van der Waals surface area contributed by atoms with E-state index in [0.29, 0.717) is 5.84 Å². The third kappa shape index (κ3) is 4.01. The van der Waals surface area contributed by atoms with Crippen LogP contribution in [0.25, 0.3) is 0 Å². The van der Waals surface area contributed by atoms with Crippen molar-refractivity contribution >= 4 is 18.6 Å². The van der Waals surface area contributed by atoms with Crippen molar-refractivity contribution in [3.8, 4) is 0 Å². The normalized spacial score (nSPS) is 12.7. The van der Waals surface area contributed by atoms with E-state index in [1.165, 1.54) is 5.01 Å². The van der Waals surface area contributed by atoms with E-state index >= 15 is 0 Å². The molecule has 96 valence electrons. The number of nitrogens with zero attached hydrogens (tertiary/aromatic N) is 3. The van der Waals surface area contributed by atoms with Gasteiger partial charge in [0, 0.05) is 13.8 Å². The van der Waals surface area contributed by atoms with Gasteiger partial charge < -0.3 is 4.74 Å². The summed E-state index contributed by atoms with van der Waals surface area (Å²) in [5.74, 6) is 0.426. The summed E-state index contributed by atoms with van der Waals surface area (Å²) in [6.07, 6.45) is -0.975. The molecule has 0 fully saturated rings. The highest BCUT2D eigenvalue weighted by atomic mass is 16.6. The molecule has 0 bridgehead atoms. The third-order valence-corrected chi connectivity index (χ3v) is 2.48. The van der Waals surface area contributed by atoms with Crippen LogP contribution in [0.15, 0.2) is 40.4 Å². The molecule has 0 aromatic heterocycles. The van der Waals surface area contributed by atoms with Crippen LogP contribution < -0.4 is 0 Å². The minimum atomic E-state index is -0.639. The van der Waals surface area contributed by atoms with E-state index in [1.807, 2.05) is 30.3 Å². The van der Waals surface area contributed by atoms with Gasteiger partial charge in [-0.15, -0.1) is 0 Å². The van der Waals surface area contributed by atoms with Crippen molar-refractivity contribution in [1.29, 1.82) is 0 Å². The maximum atomic E-state index is 11.6. The highest BCUT2D eigenvalue weighted by molar-refractivity contribution is 5.90. The number of hydrazone groups is 1. The lowest BCUT2D eigenvalue weighted by atomic mass is 10.1. The molecule has 0 radical (unpaired) electrons. The molecule has 0 spiro atoms. The molecule has 5 nitrogen and oxygen atoms in total. The summed E-state index contributed by atoms with van der Waals surface area (Å²) >= 11 is 0. The molecule has 0 saturated carbocycles. The van der Waals surface area contributed by atoms with Crippen LogP contribution in [0.5, 0.6) is 0 Å². The third-order valence-electron chi connectivity index (χ3n) is 2.48. The lowest BCUT2D eigenvalue weighted by Gasteiger charge is -2.13. The Morgan fingerprint density at radius 2 is 2.00 bits per heavy atom. The molecular formula is C13H17N3O2. The molecule has 1 rings (SSSR count). The summed E-state index contributed by atoms with van der Waals surface area (Å²) in [6.45, 7) is 6.80. The van der Waals surface area contributed by atoms with Crippen molar-refractivity contribution in [2.75, 3.05) is 7.05 Å². The molecule has 1 atom stereocenters. The van der Waals surface area contributed by atoms with Crippen molar-refractivity contribution < 1.29 is 9.53 Å². The Balaban J connectivity index is 2.63. The van der Waals surface area contributed by atoms with Crippen LogP contribution in [-0.2, 0) is 4.74 Å². The predicted octanol–water partition coefficient (Wildman–Crippen LogP) is 2.85. The zero-order chi connectivity index (χ0) is 13.5. The fourth-order valence-corrected chi connectivity index (χ4v) is 1.28. The average molecular weight is 247 g/mol. The predicted molar refractivity (Wildman–Crippen MR) is 71.8 cm³/mol. The topological polar surface area (TPSA) is 54.3 Å². The van der Waals surface area contributed by atoms with Crippen LogP contribution in [0.4, 0.5) is 4.79 Å². The summed E-state index contributed by atoms with van der Waals surface area (Å²) < 4.78 is 5.19. The van der Waals surface area contributed by atoms with Gasteiger partial charge in [-0.1, -0.05) is 30.3 Å². The Labute approximate surface area is 107 Å². The highest BCUT2D eigenvalue weighted by Gasteiger charge is 2.11. The van der Waals surface area contributed by atoms with E-state index < -0.39 is 6.09 Å². The van der Waals surface area contributed by atoms with Gasteiger partial charge in [0.1, 0.15) is 11.9 Å². The van der Waals surface area contributed by atoms with Crippen LogP contribution >= 0.6 is 0 Å². The molecule has 1 amide bonds. The summed E-state index contributed by atoms with van der Waals surface area (Å²) in [5, 5.41) is 5.02. The van der Waals surface area contributed by atoms with E-state index in [1.54, 1.807) is 20.9 Å². The van der Waals surface area contributed by atoms with Gasteiger partial charge in [-0.3, -0.25) is 5.01 Å². The lowest BCUT2D eigenvalue weighted by Crippen LogP contribution is -2.19. The van der Waals surface area contributed by atoms with Crippen molar-refractivity contribution in [3.05, 3.63) is 35.9 Å². The van der Waals surface area contributed by atoms with Crippen molar-refractivity contribution in [2.45, 2.75) is 20.0 Å². The Kier molecular flexibility index (Phi) is 5.05. The molecule has 0 heterocycles. The molecule has 5 heteroatoms. The molecule has 0 aliphatic heterocycles. The van der Waals surface area contributed by atoms with Crippen molar-refractivity contribution in [1.82, 2.24) is 5.01 Å². The van der Waals surface area contributed by atoms with E-state index in [2.05, 4.69) is 16.8 Å². The number of hydrogen-bond acceptors (Lipinski definition) is 3. The standard InChI is InChI=1S/C13H17N3O2/c1-10(12-8-6-5-7-9-12)18-13(17)15-11(2)16(4)14-3/h5-10H,3H2,1-2,4H3. The largest absolute Gasteiger partial charge is 0.440 e. The van der Waals surface area contributed by atoms with Gasteiger partial charge in [0.25, 0.3) is 0 Å². The quantitative estimate of drug-likeness (QED) is 0.469. The number of ether oxygens (including phenoxy) is 1. The summed E-state index contributed by atoms with van der Waals surface area (Å²) in [4.78, 5) is 15.3. The Morgan fingerprint density at radius 1 is 1.39 bits per heavy atom. The van der Waals surface area contributed by atoms with Crippen LogP contribution in [0.2, 0.25) is 0 Å². The number of carbonyl (C=O) groups is 1. The number of rotatable bonds is 3. The van der Waals surface area contributed by atoms with Gasteiger partial charge >= 0.3 is 6.09 Å². The molecular weight excluding hydrogens is 230 g/mol. The van der Waals surface area contributed by atoms with Gasteiger partial charge in [0.2, 0.25) is 0 Å².